The Morgan fingerprint density at radius 3 is 2.27 bits per heavy atom. The lowest BCUT2D eigenvalue weighted by Gasteiger charge is -2.42. The van der Waals surface area contributed by atoms with Crippen molar-refractivity contribution in [2.75, 3.05) is 13.7 Å². The first-order valence-corrected chi connectivity index (χ1v) is 10.7. The molecule has 0 aromatic carbocycles. The van der Waals surface area contributed by atoms with E-state index in [4.69, 9.17) is 18.6 Å². The zero-order valence-electron chi connectivity index (χ0n) is 14.5. The Labute approximate surface area is 132 Å². The van der Waals surface area contributed by atoms with Gasteiger partial charge in [0.15, 0.2) is 20.0 Å². The topological polar surface area (TPSA) is 36.9 Å². The molecule has 0 aliphatic carbocycles. The summed E-state index contributed by atoms with van der Waals surface area (Å²) in [6.07, 6.45) is -5.10. The molecule has 0 radical (unpaired) electrons. The molecule has 2 bridgehead atoms. The number of rotatable bonds is 5. The van der Waals surface area contributed by atoms with Gasteiger partial charge in [0.1, 0.15) is 12.2 Å². The second kappa shape index (κ2) is 5.77. The summed E-state index contributed by atoms with van der Waals surface area (Å²) in [5.74, 6) is 0. The van der Waals surface area contributed by atoms with Crippen molar-refractivity contribution in [3.63, 3.8) is 0 Å². The highest BCUT2D eigenvalue weighted by Gasteiger charge is 2.67. The van der Waals surface area contributed by atoms with Crippen LogP contribution >= 0.6 is 0 Å². The lowest BCUT2D eigenvalue weighted by Crippen LogP contribution is -2.59. The number of methoxy groups -OCH3 is 1. The Morgan fingerprint density at radius 2 is 1.86 bits per heavy atom. The zero-order chi connectivity index (χ0) is 16.9. The van der Waals surface area contributed by atoms with Gasteiger partial charge in [-0.1, -0.05) is 20.8 Å². The molecular weight excluding hydrogens is 310 g/mol. The van der Waals surface area contributed by atoms with Gasteiger partial charge in [0.05, 0.1) is 12.7 Å². The molecule has 0 aromatic rings. The fraction of sp³-hybridized carbons (Fsp3) is 1.00. The number of alkyl halides is 2. The fourth-order valence-electron chi connectivity index (χ4n) is 3.06. The minimum absolute atomic E-state index is 0.0210. The maximum absolute atomic E-state index is 13.5. The Bertz CT molecular complexity index is 413. The second-order valence-electron chi connectivity index (χ2n) is 7.84. The van der Waals surface area contributed by atoms with Crippen LogP contribution in [-0.2, 0) is 18.6 Å². The van der Waals surface area contributed by atoms with E-state index in [-0.39, 0.29) is 23.9 Å². The predicted molar refractivity (Wildman–Crippen MR) is 81.9 cm³/mol. The summed E-state index contributed by atoms with van der Waals surface area (Å²) in [6.45, 7) is 12.5. The molecule has 5 atom stereocenters. The largest absolute Gasteiger partial charge is 0.408 e. The number of halogens is 2. The van der Waals surface area contributed by atoms with Gasteiger partial charge in [0.25, 0.3) is 6.43 Å². The SMILES string of the molecule is CO[C@@H](C(F)F)C12COC([C@H](C)O1)[C@@H]2O[Si](C)(C)C(C)(C)C. The first-order chi connectivity index (χ1) is 9.96. The van der Waals surface area contributed by atoms with Crippen molar-refractivity contribution in [1.29, 1.82) is 0 Å². The quantitative estimate of drug-likeness (QED) is 0.721. The van der Waals surface area contributed by atoms with E-state index in [1.165, 1.54) is 7.11 Å². The van der Waals surface area contributed by atoms with Gasteiger partial charge in [-0.05, 0) is 25.1 Å². The average Bonchev–Trinajstić information content (AvgIpc) is 2.79. The van der Waals surface area contributed by atoms with Crippen molar-refractivity contribution < 1.29 is 27.4 Å². The van der Waals surface area contributed by atoms with E-state index in [9.17, 15) is 8.78 Å². The highest BCUT2D eigenvalue weighted by molar-refractivity contribution is 6.74. The molecule has 130 valence electrons. The first-order valence-electron chi connectivity index (χ1n) is 7.74. The molecule has 2 saturated heterocycles. The van der Waals surface area contributed by atoms with E-state index in [0.717, 1.165) is 0 Å². The number of ether oxygens (including phenoxy) is 3. The van der Waals surface area contributed by atoms with Crippen LogP contribution in [0.4, 0.5) is 8.78 Å². The van der Waals surface area contributed by atoms with Gasteiger partial charge in [-0.25, -0.2) is 8.78 Å². The molecule has 0 aromatic heterocycles. The molecule has 7 heteroatoms. The van der Waals surface area contributed by atoms with Gasteiger partial charge in [-0.2, -0.15) is 0 Å². The molecule has 2 rings (SSSR count). The lowest BCUT2D eigenvalue weighted by atomic mass is 9.92. The third-order valence-corrected chi connectivity index (χ3v) is 9.80. The van der Waals surface area contributed by atoms with Crippen LogP contribution in [0.2, 0.25) is 18.1 Å². The Hall–Kier alpha value is -0.0831. The van der Waals surface area contributed by atoms with Crippen molar-refractivity contribution in [1.82, 2.24) is 0 Å². The second-order valence-corrected chi connectivity index (χ2v) is 12.6. The van der Waals surface area contributed by atoms with Crippen molar-refractivity contribution in [2.24, 2.45) is 0 Å². The predicted octanol–water partition coefficient (Wildman–Crippen LogP) is 3.21. The van der Waals surface area contributed by atoms with Gasteiger partial charge < -0.3 is 18.6 Å². The summed E-state index contributed by atoms with van der Waals surface area (Å²) < 4.78 is 50.1. The number of hydrogen-bond acceptors (Lipinski definition) is 4. The molecule has 0 saturated carbocycles. The van der Waals surface area contributed by atoms with Gasteiger partial charge in [0, 0.05) is 7.11 Å². The van der Waals surface area contributed by atoms with Gasteiger partial charge in [-0.15, -0.1) is 0 Å². The van der Waals surface area contributed by atoms with Crippen LogP contribution in [-0.4, -0.2) is 58.5 Å². The fourth-order valence-corrected chi connectivity index (χ4v) is 4.38. The standard InChI is InChI=1S/C15H28F2O4Si/c1-9-10-11(21-22(6,7)14(2,3)4)15(20-9,8-19-10)12(18-5)13(16)17/h9-13H,8H2,1-7H3/t9-,10?,11-,12-,15?/m0/s1. The third kappa shape index (κ3) is 2.75. The highest BCUT2D eigenvalue weighted by atomic mass is 28.4. The maximum Gasteiger partial charge on any atom is 0.267 e. The summed E-state index contributed by atoms with van der Waals surface area (Å²) in [7, 11) is -0.858. The summed E-state index contributed by atoms with van der Waals surface area (Å²) >= 11 is 0. The Morgan fingerprint density at radius 1 is 1.27 bits per heavy atom. The minimum Gasteiger partial charge on any atom is -0.408 e. The van der Waals surface area contributed by atoms with Crippen LogP contribution < -0.4 is 0 Å². The molecular formula is C15H28F2O4Si. The summed E-state index contributed by atoms with van der Waals surface area (Å²) in [5, 5.41) is -0.0210. The summed E-state index contributed by atoms with van der Waals surface area (Å²) in [6, 6.07) is 0. The highest BCUT2D eigenvalue weighted by Crippen LogP contribution is 2.49. The Balaban J connectivity index is 2.33. The molecule has 22 heavy (non-hydrogen) atoms. The van der Waals surface area contributed by atoms with Crippen LogP contribution in [0.15, 0.2) is 0 Å². The van der Waals surface area contributed by atoms with E-state index >= 15 is 0 Å². The molecule has 0 N–H and O–H groups in total. The van der Waals surface area contributed by atoms with E-state index in [1.54, 1.807) is 0 Å². The smallest absolute Gasteiger partial charge is 0.267 e. The van der Waals surface area contributed by atoms with E-state index < -0.39 is 32.6 Å². The van der Waals surface area contributed by atoms with Crippen LogP contribution in [0, 0.1) is 0 Å². The maximum atomic E-state index is 13.5. The average molecular weight is 338 g/mol. The molecule has 2 aliphatic heterocycles. The van der Waals surface area contributed by atoms with E-state index in [1.807, 2.05) is 6.92 Å². The third-order valence-electron chi connectivity index (χ3n) is 5.34. The van der Waals surface area contributed by atoms with E-state index in [2.05, 4.69) is 33.9 Å². The number of fused-ring (bicyclic) bond motifs is 2. The van der Waals surface area contributed by atoms with Crippen molar-refractivity contribution in [2.45, 2.75) is 82.3 Å². The van der Waals surface area contributed by atoms with Crippen molar-refractivity contribution >= 4 is 8.32 Å². The molecule has 2 aliphatic rings. The minimum atomic E-state index is -2.65. The van der Waals surface area contributed by atoms with Crippen LogP contribution in [0.1, 0.15) is 27.7 Å². The van der Waals surface area contributed by atoms with Crippen LogP contribution in [0.25, 0.3) is 0 Å². The number of hydrogen-bond donors (Lipinski definition) is 0. The van der Waals surface area contributed by atoms with Crippen LogP contribution in [0.5, 0.6) is 0 Å². The van der Waals surface area contributed by atoms with Gasteiger partial charge in [-0.3, -0.25) is 0 Å². The van der Waals surface area contributed by atoms with Gasteiger partial charge in [0.2, 0.25) is 0 Å². The molecule has 2 heterocycles. The Kier molecular flexibility index (Phi) is 4.79. The molecule has 2 fully saturated rings. The van der Waals surface area contributed by atoms with E-state index in [0.29, 0.717) is 0 Å². The summed E-state index contributed by atoms with van der Waals surface area (Å²) in [4.78, 5) is 0. The first kappa shape index (κ1) is 18.3. The van der Waals surface area contributed by atoms with Crippen molar-refractivity contribution in [3.8, 4) is 0 Å². The normalized spacial score (nSPS) is 37.1. The monoisotopic (exact) mass is 338 g/mol. The lowest BCUT2D eigenvalue weighted by molar-refractivity contribution is -0.217. The zero-order valence-corrected chi connectivity index (χ0v) is 15.5. The van der Waals surface area contributed by atoms with Gasteiger partial charge >= 0.3 is 0 Å². The molecule has 2 unspecified atom stereocenters. The molecule has 0 spiro atoms. The molecule has 0 amide bonds. The molecule has 4 nitrogen and oxygen atoms in total. The van der Waals surface area contributed by atoms with Crippen molar-refractivity contribution in [3.05, 3.63) is 0 Å². The van der Waals surface area contributed by atoms with Crippen LogP contribution in [0.3, 0.4) is 0 Å². The summed E-state index contributed by atoms with van der Waals surface area (Å²) in [5.41, 5.74) is -1.22.